The van der Waals surface area contributed by atoms with E-state index < -0.39 is 0 Å². The van der Waals surface area contributed by atoms with Crippen LogP contribution in [0.3, 0.4) is 0 Å². The Morgan fingerprint density at radius 3 is 2.61 bits per heavy atom. The lowest BCUT2D eigenvalue weighted by Crippen LogP contribution is -2.50. The minimum atomic E-state index is 0.00678. The van der Waals surface area contributed by atoms with Gasteiger partial charge in [0.05, 0.1) is 7.11 Å². The molecular formula is C13H19N3O2. The lowest BCUT2D eigenvalue weighted by molar-refractivity contribution is 0.190. The molecule has 2 N–H and O–H groups in total. The van der Waals surface area contributed by atoms with Crippen LogP contribution >= 0.6 is 0 Å². The molecule has 0 atom stereocenters. The van der Waals surface area contributed by atoms with E-state index in [2.05, 4.69) is 10.6 Å². The van der Waals surface area contributed by atoms with Gasteiger partial charge in [0.15, 0.2) is 0 Å². The number of urea groups is 1. The molecule has 1 aliphatic rings. The van der Waals surface area contributed by atoms with E-state index in [1.807, 2.05) is 29.2 Å². The Hall–Kier alpha value is -1.75. The summed E-state index contributed by atoms with van der Waals surface area (Å²) in [5, 5.41) is 6.15. The first-order valence-corrected chi connectivity index (χ1v) is 6.16. The zero-order valence-corrected chi connectivity index (χ0v) is 10.6. The van der Waals surface area contributed by atoms with Crippen LogP contribution in [0.5, 0.6) is 5.75 Å². The molecule has 1 fully saturated rings. The highest BCUT2D eigenvalue weighted by Gasteiger charge is 2.15. The van der Waals surface area contributed by atoms with Gasteiger partial charge in [0, 0.05) is 32.7 Å². The molecule has 2 rings (SSSR count). The van der Waals surface area contributed by atoms with Crippen LogP contribution in [0.25, 0.3) is 0 Å². The van der Waals surface area contributed by atoms with Crippen LogP contribution in [0, 0.1) is 0 Å². The molecule has 98 valence electrons. The van der Waals surface area contributed by atoms with Gasteiger partial charge < -0.3 is 20.3 Å². The topological polar surface area (TPSA) is 53.6 Å². The summed E-state index contributed by atoms with van der Waals surface area (Å²) in [6.07, 6.45) is 0. The molecule has 0 spiro atoms. The van der Waals surface area contributed by atoms with Crippen molar-refractivity contribution in [3.05, 3.63) is 29.8 Å². The summed E-state index contributed by atoms with van der Waals surface area (Å²) in [6.45, 7) is 3.83. The lowest BCUT2D eigenvalue weighted by Gasteiger charge is -2.27. The van der Waals surface area contributed by atoms with Crippen molar-refractivity contribution in [3.8, 4) is 5.75 Å². The minimum Gasteiger partial charge on any atom is -0.497 e. The van der Waals surface area contributed by atoms with Crippen LogP contribution in [0.2, 0.25) is 0 Å². The maximum Gasteiger partial charge on any atom is 0.317 e. The third kappa shape index (κ3) is 3.37. The maximum absolute atomic E-state index is 11.9. The average Bonchev–Trinajstić information content (AvgIpc) is 2.46. The Labute approximate surface area is 107 Å². The van der Waals surface area contributed by atoms with Gasteiger partial charge in [0.1, 0.15) is 5.75 Å². The van der Waals surface area contributed by atoms with Gasteiger partial charge in [-0.25, -0.2) is 4.79 Å². The number of amides is 2. The molecule has 0 radical (unpaired) electrons. The maximum atomic E-state index is 11.9. The van der Waals surface area contributed by atoms with E-state index in [0.29, 0.717) is 6.54 Å². The van der Waals surface area contributed by atoms with Crippen LogP contribution in [-0.4, -0.2) is 44.2 Å². The molecule has 0 aliphatic carbocycles. The van der Waals surface area contributed by atoms with Crippen molar-refractivity contribution in [3.63, 3.8) is 0 Å². The smallest absolute Gasteiger partial charge is 0.317 e. The number of methoxy groups -OCH3 is 1. The summed E-state index contributed by atoms with van der Waals surface area (Å²) in [6, 6.07) is 7.71. The summed E-state index contributed by atoms with van der Waals surface area (Å²) in [7, 11) is 1.64. The molecule has 1 aliphatic heterocycles. The molecule has 1 saturated heterocycles. The highest BCUT2D eigenvalue weighted by Crippen LogP contribution is 2.11. The SMILES string of the molecule is COc1ccc(CNC(=O)N2CCNCC2)cc1. The van der Waals surface area contributed by atoms with Gasteiger partial charge in [-0.2, -0.15) is 0 Å². The van der Waals surface area contributed by atoms with Crippen LogP contribution in [0.4, 0.5) is 4.79 Å². The number of piperazine rings is 1. The minimum absolute atomic E-state index is 0.00678. The Balaban J connectivity index is 1.80. The van der Waals surface area contributed by atoms with Gasteiger partial charge in [-0.15, -0.1) is 0 Å². The Kier molecular flexibility index (Phi) is 4.41. The third-order valence-corrected chi connectivity index (χ3v) is 3.01. The number of ether oxygens (including phenoxy) is 1. The monoisotopic (exact) mass is 249 g/mol. The first-order chi connectivity index (χ1) is 8.79. The molecule has 5 nitrogen and oxygen atoms in total. The van der Waals surface area contributed by atoms with Crippen LogP contribution in [0.15, 0.2) is 24.3 Å². The van der Waals surface area contributed by atoms with E-state index in [1.54, 1.807) is 7.11 Å². The van der Waals surface area contributed by atoms with E-state index in [0.717, 1.165) is 37.5 Å². The molecule has 0 bridgehead atoms. The lowest BCUT2D eigenvalue weighted by atomic mass is 10.2. The molecule has 2 amide bonds. The van der Waals surface area contributed by atoms with E-state index in [9.17, 15) is 4.79 Å². The first kappa shape index (κ1) is 12.7. The predicted molar refractivity (Wildman–Crippen MR) is 69.7 cm³/mol. The highest BCUT2D eigenvalue weighted by atomic mass is 16.5. The fraction of sp³-hybridized carbons (Fsp3) is 0.462. The van der Waals surface area contributed by atoms with Crippen LogP contribution in [0.1, 0.15) is 5.56 Å². The van der Waals surface area contributed by atoms with E-state index in [-0.39, 0.29) is 6.03 Å². The van der Waals surface area contributed by atoms with E-state index in [4.69, 9.17) is 4.74 Å². The number of nitrogens with one attached hydrogen (secondary N) is 2. The van der Waals surface area contributed by atoms with Crippen molar-refractivity contribution in [2.75, 3.05) is 33.3 Å². The quantitative estimate of drug-likeness (QED) is 0.833. The second-order valence-electron chi connectivity index (χ2n) is 4.24. The second kappa shape index (κ2) is 6.26. The van der Waals surface area contributed by atoms with Crippen molar-refractivity contribution in [1.29, 1.82) is 0 Å². The van der Waals surface area contributed by atoms with Crippen molar-refractivity contribution < 1.29 is 9.53 Å². The Morgan fingerprint density at radius 2 is 2.00 bits per heavy atom. The standard InChI is InChI=1S/C13H19N3O2/c1-18-12-4-2-11(3-5-12)10-15-13(17)16-8-6-14-7-9-16/h2-5,14H,6-10H2,1H3,(H,15,17). The molecule has 1 aromatic carbocycles. The van der Waals surface area contributed by atoms with Crippen molar-refractivity contribution >= 4 is 6.03 Å². The van der Waals surface area contributed by atoms with Crippen LogP contribution in [-0.2, 0) is 6.54 Å². The number of nitrogens with zero attached hydrogens (tertiary/aromatic N) is 1. The second-order valence-corrected chi connectivity index (χ2v) is 4.24. The molecule has 0 unspecified atom stereocenters. The van der Waals surface area contributed by atoms with Gasteiger partial charge in [0.25, 0.3) is 0 Å². The van der Waals surface area contributed by atoms with Crippen molar-refractivity contribution in [2.45, 2.75) is 6.54 Å². The van der Waals surface area contributed by atoms with Gasteiger partial charge in [-0.05, 0) is 17.7 Å². The number of hydrogen-bond acceptors (Lipinski definition) is 3. The number of carbonyl (C=O) groups is 1. The molecule has 5 heteroatoms. The first-order valence-electron chi connectivity index (χ1n) is 6.16. The summed E-state index contributed by atoms with van der Waals surface area (Å²) in [5.41, 5.74) is 1.07. The van der Waals surface area contributed by atoms with E-state index in [1.165, 1.54) is 0 Å². The summed E-state index contributed by atoms with van der Waals surface area (Å²) in [4.78, 5) is 13.7. The predicted octanol–water partition coefficient (Wildman–Crippen LogP) is 0.810. The summed E-state index contributed by atoms with van der Waals surface area (Å²) >= 11 is 0. The molecule has 0 saturated carbocycles. The fourth-order valence-electron chi connectivity index (χ4n) is 1.90. The average molecular weight is 249 g/mol. The zero-order chi connectivity index (χ0) is 12.8. The molecule has 1 aromatic rings. The van der Waals surface area contributed by atoms with Gasteiger partial charge in [-0.1, -0.05) is 12.1 Å². The Morgan fingerprint density at radius 1 is 1.33 bits per heavy atom. The fourth-order valence-corrected chi connectivity index (χ4v) is 1.90. The summed E-state index contributed by atoms with van der Waals surface area (Å²) < 4.78 is 5.09. The molecule has 18 heavy (non-hydrogen) atoms. The van der Waals surface area contributed by atoms with Gasteiger partial charge >= 0.3 is 6.03 Å². The van der Waals surface area contributed by atoms with Gasteiger partial charge in [-0.3, -0.25) is 0 Å². The third-order valence-electron chi connectivity index (χ3n) is 3.01. The van der Waals surface area contributed by atoms with E-state index >= 15 is 0 Å². The molecule has 0 aromatic heterocycles. The molecular weight excluding hydrogens is 230 g/mol. The van der Waals surface area contributed by atoms with Gasteiger partial charge in [0.2, 0.25) is 0 Å². The van der Waals surface area contributed by atoms with Crippen LogP contribution < -0.4 is 15.4 Å². The number of rotatable bonds is 3. The molecule has 1 heterocycles. The largest absolute Gasteiger partial charge is 0.497 e. The Bertz CT molecular complexity index is 386. The number of carbonyl (C=O) groups excluding carboxylic acids is 1. The highest BCUT2D eigenvalue weighted by molar-refractivity contribution is 5.74. The van der Waals surface area contributed by atoms with Crippen molar-refractivity contribution in [1.82, 2.24) is 15.5 Å². The normalized spacial score (nSPS) is 15.3. The summed E-state index contributed by atoms with van der Waals surface area (Å²) in [5.74, 6) is 0.826. The number of benzene rings is 1. The van der Waals surface area contributed by atoms with Crippen molar-refractivity contribution in [2.24, 2.45) is 0 Å². The zero-order valence-electron chi connectivity index (χ0n) is 10.6. The number of hydrogen-bond donors (Lipinski definition) is 2.